The van der Waals surface area contributed by atoms with Gasteiger partial charge in [-0.05, 0) is 0 Å². The molecular formula is C32H22Cl2N4Ti. The predicted octanol–water partition coefficient (Wildman–Crippen LogP) is 1.28. The van der Waals surface area contributed by atoms with Crippen molar-refractivity contribution in [2.24, 2.45) is 0 Å². The molecule has 4 aromatic carbocycles. The molecule has 0 aliphatic heterocycles. The molecule has 39 heavy (non-hydrogen) atoms. The fourth-order valence-electron chi connectivity index (χ4n) is 5.88. The zero-order valence-electron chi connectivity index (χ0n) is 20.7. The van der Waals surface area contributed by atoms with Crippen LogP contribution in [0.3, 0.4) is 0 Å². The summed E-state index contributed by atoms with van der Waals surface area (Å²) in [5.41, 5.74) is 12.6. The Morgan fingerprint density at radius 2 is 0.923 bits per heavy atom. The van der Waals surface area contributed by atoms with Crippen molar-refractivity contribution in [1.29, 1.82) is 0 Å². The first-order chi connectivity index (χ1) is 18.3. The van der Waals surface area contributed by atoms with Crippen molar-refractivity contribution in [1.82, 2.24) is 19.1 Å². The van der Waals surface area contributed by atoms with Gasteiger partial charge < -0.3 is 24.8 Å². The molecule has 6 aromatic rings. The molecule has 0 radical (unpaired) electrons. The largest absolute Gasteiger partial charge is 1.00 e. The Hall–Kier alpha value is -3.41. The van der Waals surface area contributed by atoms with Gasteiger partial charge in [0.05, 0.1) is 0 Å². The molecule has 0 spiro atoms. The Balaban J connectivity index is 0.00000138. The molecular weight excluding hydrogens is 559 g/mol. The molecule has 2 aliphatic rings. The minimum atomic E-state index is -0.587. The summed E-state index contributed by atoms with van der Waals surface area (Å²) < 4.78 is 5.37. The van der Waals surface area contributed by atoms with E-state index in [9.17, 15) is 0 Å². The van der Waals surface area contributed by atoms with Crippen molar-refractivity contribution >= 4 is 45.6 Å². The maximum Gasteiger partial charge on any atom is -1.00 e. The summed E-state index contributed by atoms with van der Waals surface area (Å²) in [7, 11) is 0. The number of aromatic nitrogens is 4. The Morgan fingerprint density at radius 1 is 0.513 bits per heavy atom. The third kappa shape index (κ3) is 4.11. The smallest absolute Gasteiger partial charge is 1.00 e. The number of fused-ring (bicyclic) bond motifs is 4. The van der Waals surface area contributed by atoms with E-state index in [1.165, 1.54) is 44.7 Å². The van der Waals surface area contributed by atoms with Crippen LogP contribution < -0.4 is 24.8 Å². The van der Waals surface area contributed by atoms with Gasteiger partial charge in [-0.3, -0.25) is 0 Å². The van der Waals surface area contributed by atoms with Crippen LogP contribution in [0.5, 0.6) is 0 Å². The number of halogens is 2. The van der Waals surface area contributed by atoms with Crippen LogP contribution in [0.25, 0.3) is 45.6 Å². The van der Waals surface area contributed by atoms with Gasteiger partial charge >= 0.3 is 224 Å². The van der Waals surface area contributed by atoms with E-state index >= 15 is 0 Å². The van der Waals surface area contributed by atoms with Gasteiger partial charge in [0.1, 0.15) is 0 Å². The van der Waals surface area contributed by atoms with E-state index in [0.29, 0.717) is 8.45 Å². The van der Waals surface area contributed by atoms with Crippen LogP contribution in [-0.2, 0) is 19.2 Å². The van der Waals surface area contributed by atoms with Gasteiger partial charge in [0.2, 0.25) is 0 Å². The summed E-state index contributed by atoms with van der Waals surface area (Å²) in [6, 6.07) is 34.7. The number of rotatable bonds is 4. The molecule has 0 bridgehead atoms. The maximum atomic E-state index is 4.73. The SMILES string of the molecule is C1=C(n2cnc3ccccc32)[CH]([Ti+2][CH]2C(n3cnc4ccccc43)=Cc3ccccc32)c2ccccc21.[Cl-].[Cl-]. The molecule has 2 atom stereocenters. The molecule has 7 heteroatoms. The van der Waals surface area contributed by atoms with Crippen molar-refractivity contribution < 1.29 is 44.0 Å². The van der Waals surface area contributed by atoms with Crippen LogP contribution in [0.15, 0.2) is 110 Å². The minimum absolute atomic E-state index is 0. The number of para-hydroxylation sites is 4. The van der Waals surface area contributed by atoms with Crippen LogP contribution in [0.4, 0.5) is 0 Å². The number of nitrogens with zero attached hydrogens (tertiary/aromatic N) is 4. The number of imidazole rings is 2. The second-order valence-electron chi connectivity index (χ2n) is 9.64. The Labute approximate surface area is 247 Å². The molecule has 0 fully saturated rings. The third-order valence-corrected chi connectivity index (χ3v) is 10.5. The quantitative estimate of drug-likeness (QED) is 0.295. The van der Waals surface area contributed by atoms with Crippen LogP contribution in [0.2, 0.25) is 0 Å². The molecule has 0 saturated heterocycles. The Kier molecular flexibility index (Phi) is 6.82. The summed E-state index contributed by atoms with van der Waals surface area (Å²) in [6.07, 6.45) is 8.78. The molecule has 2 aromatic heterocycles. The Morgan fingerprint density at radius 3 is 1.41 bits per heavy atom. The van der Waals surface area contributed by atoms with Crippen molar-refractivity contribution in [3.8, 4) is 0 Å². The topological polar surface area (TPSA) is 35.6 Å². The van der Waals surface area contributed by atoms with Crippen molar-refractivity contribution in [2.45, 2.75) is 8.45 Å². The Bertz CT molecular complexity index is 1760. The zero-order chi connectivity index (χ0) is 24.3. The van der Waals surface area contributed by atoms with Gasteiger partial charge in [-0.25, -0.2) is 0 Å². The average molecular weight is 581 g/mol. The van der Waals surface area contributed by atoms with Crippen LogP contribution in [0, 0.1) is 0 Å². The second kappa shape index (κ2) is 10.3. The first kappa shape index (κ1) is 25.8. The molecule has 0 N–H and O–H groups in total. The second-order valence-corrected chi connectivity index (χ2v) is 12.0. The van der Waals surface area contributed by atoms with Crippen LogP contribution >= 0.6 is 0 Å². The van der Waals surface area contributed by atoms with E-state index in [1.54, 1.807) is 0 Å². The molecule has 8 rings (SSSR count). The molecule has 4 nitrogen and oxygen atoms in total. The van der Waals surface area contributed by atoms with Gasteiger partial charge in [0.25, 0.3) is 0 Å². The summed E-state index contributed by atoms with van der Waals surface area (Å²) in [6.45, 7) is 0. The fraction of sp³-hybridized carbons (Fsp3) is 0.0625. The fourth-order valence-corrected chi connectivity index (χ4v) is 9.01. The van der Waals surface area contributed by atoms with Gasteiger partial charge in [-0.1, -0.05) is 0 Å². The standard InChI is InChI=1S/2C16H11N2.2ClH.Ti/c2*1-2-6-13-10-14(9-12(13)5-1)18-11-17-15-7-3-4-8-16(15)18;;;/h2*1-11H;2*1H;/q;;;;+2/p-2. The van der Waals surface area contributed by atoms with Gasteiger partial charge in [0.15, 0.2) is 0 Å². The first-order valence-electron chi connectivity index (χ1n) is 12.6. The number of allylic oxidation sites excluding steroid dienone is 2. The summed E-state index contributed by atoms with van der Waals surface area (Å²) in [4.78, 5) is 9.46. The molecule has 2 heterocycles. The maximum absolute atomic E-state index is 4.73. The van der Waals surface area contributed by atoms with Gasteiger partial charge in [-0.2, -0.15) is 0 Å². The zero-order valence-corrected chi connectivity index (χ0v) is 23.8. The van der Waals surface area contributed by atoms with Crippen molar-refractivity contribution in [3.63, 3.8) is 0 Å². The molecule has 2 unspecified atom stereocenters. The monoisotopic (exact) mass is 580 g/mol. The van der Waals surface area contributed by atoms with Crippen molar-refractivity contribution in [3.05, 3.63) is 132 Å². The van der Waals surface area contributed by atoms with E-state index < -0.39 is 19.2 Å². The van der Waals surface area contributed by atoms with E-state index in [1.807, 2.05) is 12.7 Å². The minimum Gasteiger partial charge on any atom is -1.00 e. The number of hydrogen-bond donors (Lipinski definition) is 0. The first-order valence-corrected chi connectivity index (χ1v) is 14.4. The van der Waals surface area contributed by atoms with E-state index in [2.05, 4.69) is 118 Å². The average Bonchev–Trinajstić information content (AvgIpc) is 3.72. The van der Waals surface area contributed by atoms with Crippen molar-refractivity contribution in [2.75, 3.05) is 0 Å². The summed E-state index contributed by atoms with van der Waals surface area (Å²) in [5.74, 6) is 0. The summed E-state index contributed by atoms with van der Waals surface area (Å²) >= 11 is -0.587. The number of benzene rings is 4. The van der Waals surface area contributed by atoms with Gasteiger partial charge in [-0.15, -0.1) is 0 Å². The molecule has 2 aliphatic carbocycles. The van der Waals surface area contributed by atoms with Gasteiger partial charge in [0, 0.05) is 0 Å². The van der Waals surface area contributed by atoms with Crippen LogP contribution in [-0.4, -0.2) is 19.1 Å². The normalized spacial score (nSPS) is 17.0. The summed E-state index contributed by atoms with van der Waals surface area (Å²) in [5, 5.41) is 0. The third-order valence-electron chi connectivity index (χ3n) is 7.61. The molecule has 0 saturated carbocycles. The van der Waals surface area contributed by atoms with E-state index in [0.717, 1.165) is 11.0 Å². The van der Waals surface area contributed by atoms with E-state index in [4.69, 9.17) is 9.97 Å². The number of hydrogen-bond acceptors (Lipinski definition) is 2. The van der Waals surface area contributed by atoms with Crippen LogP contribution in [0.1, 0.15) is 30.7 Å². The van der Waals surface area contributed by atoms with E-state index in [-0.39, 0.29) is 24.8 Å². The predicted molar refractivity (Wildman–Crippen MR) is 146 cm³/mol. The molecule has 0 amide bonds. The molecule has 188 valence electrons.